The van der Waals surface area contributed by atoms with Gasteiger partial charge in [0.05, 0.1) is 5.56 Å². The summed E-state index contributed by atoms with van der Waals surface area (Å²) in [5.41, 5.74) is 8.64. The number of amides is 1. The molecule has 1 atom stereocenters. The lowest BCUT2D eigenvalue weighted by Crippen LogP contribution is -2.26. The number of hydrogen-bond acceptors (Lipinski definition) is 4. The minimum absolute atomic E-state index is 0.0186. The van der Waals surface area contributed by atoms with Gasteiger partial charge in [-0.2, -0.15) is 0 Å². The number of rotatable bonds is 4. The van der Waals surface area contributed by atoms with Gasteiger partial charge in [0.2, 0.25) is 5.91 Å². The van der Waals surface area contributed by atoms with Gasteiger partial charge in [0.1, 0.15) is 5.82 Å². The monoisotopic (exact) mass is 245 g/mol. The van der Waals surface area contributed by atoms with Gasteiger partial charge in [-0.1, -0.05) is 5.11 Å². The van der Waals surface area contributed by atoms with E-state index in [9.17, 15) is 9.59 Å². The van der Waals surface area contributed by atoms with Crippen molar-refractivity contribution in [2.24, 2.45) is 11.0 Å². The Morgan fingerprint density at radius 1 is 1.67 bits per heavy atom. The molecule has 2 heterocycles. The zero-order valence-corrected chi connectivity index (χ0v) is 9.56. The molecule has 0 aliphatic carbocycles. The molecule has 0 spiro atoms. The zero-order chi connectivity index (χ0) is 13.0. The molecule has 18 heavy (non-hydrogen) atoms. The molecule has 1 fully saturated rings. The van der Waals surface area contributed by atoms with E-state index < -0.39 is 0 Å². The van der Waals surface area contributed by atoms with Crippen LogP contribution in [0.4, 0.5) is 5.82 Å². The van der Waals surface area contributed by atoms with Crippen LogP contribution in [0.1, 0.15) is 16.8 Å². The van der Waals surface area contributed by atoms with Crippen LogP contribution in [-0.2, 0) is 4.79 Å². The minimum atomic E-state index is -0.102. The Hall–Kier alpha value is -2.40. The highest BCUT2D eigenvalue weighted by atomic mass is 16.2. The molecule has 1 amide bonds. The molecule has 1 unspecified atom stereocenters. The highest BCUT2D eigenvalue weighted by Crippen LogP contribution is 2.25. The molecule has 0 bridgehead atoms. The average molecular weight is 245 g/mol. The number of nitrogens with zero attached hydrogens (tertiary/aromatic N) is 5. The fourth-order valence-electron chi connectivity index (χ4n) is 1.99. The summed E-state index contributed by atoms with van der Waals surface area (Å²) in [5, 5.41) is 3.47. The normalized spacial score (nSPS) is 18.6. The third-order valence-electron chi connectivity index (χ3n) is 2.81. The average Bonchev–Trinajstić information content (AvgIpc) is 2.77. The first-order chi connectivity index (χ1) is 8.76. The van der Waals surface area contributed by atoms with E-state index in [1.54, 1.807) is 12.1 Å². The molecule has 1 aromatic rings. The van der Waals surface area contributed by atoms with E-state index in [4.69, 9.17) is 5.53 Å². The smallest absolute Gasteiger partial charge is 0.228 e. The van der Waals surface area contributed by atoms with Crippen molar-refractivity contribution in [3.05, 3.63) is 34.3 Å². The van der Waals surface area contributed by atoms with Gasteiger partial charge >= 0.3 is 0 Å². The van der Waals surface area contributed by atoms with Crippen LogP contribution in [-0.4, -0.2) is 30.3 Å². The van der Waals surface area contributed by atoms with E-state index in [-0.39, 0.29) is 18.4 Å². The Labute approximate surface area is 103 Å². The molecule has 1 aromatic heterocycles. The van der Waals surface area contributed by atoms with Gasteiger partial charge in [0, 0.05) is 30.6 Å². The van der Waals surface area contributed by atoms with Gasteiger partial charge in [-0.05, 0) is 23.6 Å². The molecule has 0 N–H and O–H groups in total. The second-order valence-corrected chi connectivity index (χ2v) is 4.02. The quantitative estimate of drug-likeness (QED) is 0.348. The summed E-state index contributed by atoms with van der Waals surface area (Å²) < 4.78 is 0. The van der Waals surface area contributed by atoms with Gasteiger partial charge in [0.25, 0.3) is 0 Å². The summed E-state index contributed by atoms with van der Waals surface area (Å²) in [6, 6.07) is 3.26. The predicted molar refractivity (Wildman–Crippen MR) is 64.1 cm³/mol. The van der Waals surface area contributed by atoms with Crippen LogP contribution in [0.25, 0.3) is 10.4 Å². The standard InChI is InChI=1S/C11H11N5O2/c12-15-14-5-8-4-10(18)16(6-8)11-9(7-17)2-1-3-13-11/h1-3,7-8H,4-6H2. The summed E-state index contributed by atoms with van der Waals surface area (Å²) in [6.45, 7) is 0.706. The van der Waals surface area contributed by atoms with E-state index in [0.29, 0.717) is 30.6 Å². The first-order valence-corrected chi connectivity index (χ1v) is 5.47. The van der Waals surface area contributed by atoms with Gasteiger partial charge in [0.15, 0.2) is 6.29 Å². The molecular formula is C11H11N5O2. The first kappa shape index (κ1) is 12.1. The molecule has 1 saturated heterocycles. The number of azide groups is 1. The molecule has 1 aliphatic rings. The lowest BCUT2D eigenvalue weighted by Gasteiger charge is -2.16. The third kappa shape index (κ3) is 2.31. The van der Waals surface area contributed by atoms with Crippen molar-refractivity contribution in [2.45, 2.75) is 6.42 Å². The number of carbonyl (C=O) groups excluding carboxylic acids is 2. The first-order valence-electron chi connectivity index (χ1n) is 5.47. The summed E-state index contributed by atoms with van der Waals surface area (Å²) >= 11 is 0. The van der Waals surface area contributed by atoms with Gasteiger partial charge in [-0.15, -0.1) is 0 Å². The van der Waals surface area contributed by atoms with Crippen molar-refractivity contribution < 1.29 is 9.59 Å². The maximum absolute atomic E-state index is 11.9. The largest absolute Gasteiger partial charge is 0.298 e. The predicted octanol–water partition coefficient (Wildman–Crippen LogP) is 1.56. The molecule has 1 aliphatic heterocycles. The van der Waals surface area contributed by atoms with Crippen molar-refractivity contribution in [1.82, 2.24) is 4.98 Å². The SMILES string of the molecule is [N-]=[N+]=NCC1CC(=O)N(c2ncccc2C=O)C1. The molecule has 92 valence electrons. The lowest BCUT2D eigenvalue weighted by molar-refractivity contribution is -0.117. The second kappa shape index (κ2) is 5.29. The fraction of sp³-hybridized carbons (Fsp3) is 0.364. The van der Waals surface area contributed by atoms with Crippen molar-refractivity contribution in [3.63, 3.8) is 0 Å². The zero-order valence-electron chi connectivity index (χ0n) is 9.56. The van der Waals surface area contributed by atoms with E-state index in [1.165, 1.54) is 11.1 Å². The van der Waals surface area contributed by atoms with Gasteiger partial charge in [-0.25, -0.2) is 4.98 Å². The Kier molecular flexibility index (Phi) is 3.54. The third-order valence-corrected chi connectivity index (χ3v) is 2.81. The van der Waals surface area contributed by atoms with Gasteiger partial charge in [-0.3, -0.25) is 14.5 Å². The highest BCUT2D eigenvalue weighted by molar-refractivity contribution is 5.98. The molecule has 0 radical (unpaired) electrons. The Bertz CT molecular complexity index is 524. The maximum atomic E-state index is 11.9. The number of carbonyl (C=O) groups is 2. The summed E-state index contributed by atoms with van der Waals surface area (Å²) in [4.78, 5) is 31.0. The van der Waals surface area contributed by atoms with Crippen LogP contribution in [0.3, 0.4) is 0 Å². The molecule has 7 nitrogen and oxygen atoms in total. The van der Waals surface area contributed by atoms with Crippen molar-refractivity contribution >= 4 is 18.0 Å². The maximum Gasteiger partial charge on any atom is 0.228 e. The molecule has 2 rings (SSSR count). The highest BCUT2D eigenvalue weighted by Gasteiger charge is 2.31. The molecule has 7 heteroatoms. The van der Waals surface area contributed by atoms with Crippen molar-refractivity contribution in [3.8, 4) is 0 Å². The lowest BCUT2D eigenvalue weighted by atomic mass is 10.1. The van der Waals surface area contributed by atoms with E-state index in [1.807, 2.05) is 0 Å². The van der Waals surface area contributed by atoms with Crippen LogP contribution in [0.15, 0.2) is 23.4 Å². The second-order valence-electron chi connectivity index (χ2n) is 4.02. The van der Waals surface area contributed by atoms with Gasteiger partial charge < -0.3 is 0 Å². The minimum Gasteiger partial charge on any atom is -0.298 e. The topological polar surface area (TPSA) is 99.0 Å². The van der Waals surface area contributed by atoms with Crippen LogP contribution >= 0.6 is 0 Å². The van der Waals surface area contributed by atoms with Crippen molar-refractivity contribution in [1.29, 1.82) is 0 Å². The van der Waals surface area contributed by atoms with Crippen LogP contribution in [0.2, 0.25) is 0 Å². The number of aromatic nitrogens is 1. The van der Waals surface area contributed by atoms with E-state index >= 15 is 0 Å². The van der Waals surface area contributed by atoms with Crippen LogP contribution in [0.5, 0.6) is 0 Å². The summed E-state index contributed by atoms with van der Waals surface area (Å²) in [7, 11) is 0. The summed E-state index contributed by atoms with van der Waals surface area (Å²) in [5.74, 6) is 0.255. The van der Waals surface area contributed by atoms with E-state index in [2.05, 4.69) is 15.0 Å². The van der Waals surface area contributed by atoms with E-state index in [0.717, 1.165) is 0 Å². The van der Waals surface area contributed by atoms with Crippen LogP contribution in [0, 0.1) is 5.92 Å². The Morgan fingerprint density at radius 2 is 2.50 bits per heavy atom. The molecular weight excluding hydrogens is 234 g/mol. The number of aldehydes is 1. The molecule has 0 saturated carbocycles. The molecule has 0 aromatic carbocycles. The van der Waals surface area contributed by atoms with Crippen molar-refractivity contribution in [2.75, 3.05) is 18.0 Å². The summed E-state index contributed by atoms with van der Waals surface area (Å²) in [6.07, 6.45) is 2.53. The Balaban J connectivity index is 2.21. The number of hydrogen-bond donors (Lipinski definition) is 0. The fourth-order valence-corrected chi connectivity index (χ4v) is 1.99. The number of pyridine rings is 1. The number of anilines is 1. The van der Waals surface area contributed by atoms with Crippen LogP contribution < -0.4 is 4.90 Å². The Morgan fingerprint density at radius 3 is 3.22 bits per heavy atom.